The number of carbonyl (C=O) groups is 1. The highest BCUT2D eigenvalue weighted by Crippen LogP contribution is 2.24. The number of hydrogen-bond donors (Lipinski definition) is 1. The second kappa shape index (κ2) is 10.2. The monoisotopic (exact) mass is 373 g/mol. The highest BCUT2D eigenvalue weighted by atomic mass is 16.5. The molecule has 0 radical (unpaired) electrons. The number of nitrogens with one attached hydrogen (secondary N) is 1. The molecule has 0 bridgehead atoms. The van der Waals surface area contributed by atoms with Crippen molar-refractivity contribution in [3.05, 3.63) is 35.4 Å². The van der Waals surface area contributed by atoms with Gasteiger partial charge >= 0.3 is 0 Å². The molecule has 2 heterocycles. The minimum Gasteiger partial charge on any atom is -0.385 e. The summed E-state index contributed by atoms with van der Waals surface area (Å²) in [4.78, 5) is 17.7. The summed E-state index contributed by atoms with van der Waals surface area (Å²) in [5.74, 6) is 0.753. The van der Waals surface area contributed by atoms with Crippen LogP contribution in [0.2, 0.25) is 0 Å². The summed E-state index contributed by atoms with van der Waals surface area (Å²) in [7, 11) is 3.88. The zero-order valence-corrected chi connectivity index (χ0v) is 17.0. The third-order valence-corrected chi connectivity index (χ3v) is 6.06. The Bertz CT molecular complexity index is 576. The van der Waals surface area contributed by atoms with Gasteiger partial charge in [-0.25, -0.2) is 0 Å². The summed E-state index contributed by atoms with van der Waals surface area (Å²) in [5.41, 5.74) is 2.17. The number of carbonyl (C=O) groups excluding carboxylic acids is 1. The van der Waals surface area contributed by atoms with Crippen LogP contribution in [-0.4, -0.2) is 75.2 Å². The minimum atomic E-state index is 0.175. The van der Waals surface area contributed by atoms with Gasteiger partial charge in [0.25, 0.3) is 5.91 Å². The van der Waals surface area contributed by atoms with Crippen molar-refractivity contribution >= 4 is 5.91 Å². The average Bonchev–Trinajstić information content (AvgIpc) is 2.72. The highest BCUT2D eigenvalue weighted by Gasteiger charge is 2.27. The number of benzene rings is 1. The van der Waals surface area contributed by atoms with Crippen LogP contribution in [0.25, 0.3) is 0 Å². The van der Waals surface area contributed by atoms with E-state index < -0.39 is 0 Å². The standard InChI is InChI=1S/C22H35N3O2/c1-24-14-10-21(11-15-24)25(13-4-16-27-2)22(26)19-8-6-18(7-9-19)20-5-3-12-23-17-20/h6-9,20-21,23H,3-5,10-17H2,1-2H3. The van der Waals surface area contributed by atoms with Gasteiger partial charge in [-0.15, -0.1) is 0 Å². The fraction of sp³-hybridized carbons (Fsp3) is 0.682. The summed E-state index contributed by atoms with van der Waals surface area (Å²) in [6.45, 7) is 5.77. The fourth-order valence-corrected chi connectivity index (χ4v) is 4.34. The molecule has 1 aromatic carbocycles. The molecule has 1 aromatic rings. The maximum Gasteiger partial charge on any atom is 0.254 e. The highest BCUT2D eigenvalue weighted by molar-refractivity contribution is 5.94. The molecule has 3 rings (SSSR count). The maximum absolute atomic E-state index is 13.3. The van der Waals surface area contributed by atoms with Crippen molar-refractivity contribution in [1.82, 2.24) is 15.1 Å². The molecule has 1 N–H and O–H groups in total. The number of nitrogens with zero attached hydrogens (tertiary/aromatic N) is 2. The zero-order valence-electron chi connectivity index (χ0n) is 17.0. The van der Waals surface area contributed by atoms with Gasteiger partial charge in [-0.05, 0) is 82.4 Å². The lowest BCUT2D eigenvalue weighted by atomic mass is 9.91. The van der Waals surface area contributed by atoms with Crippen LogP contribution in [0.15, 0.2) is 24.3 Å². The van der Waals surface area contributed by atoms with Gasteiger partial charge in [0.1, 0.15) is 0 Å². The molecule has 0 aromatic heterocycles. The molecule has 2 fully saturated rings. The van der Waals surface area contributed by atoms with Crippen LogP contribution in [0.1, 0.15) is 53.9 Å². The van der Waals surface area contributed by atoms with E-state index in [1.165, 1.54) is 18.4 Å². The van der Waals surface area contributed by atoms with E-state index in [-0.39, 0.29) is 5.91 Å². The first-order chi connectivity index (χ1) is 13.2. The van der Waals surface area contributed by atoms with Crippen molar-refractivity contribution < 1.29 is 9.53 Å². The van der Waals surface area contributed by atoms with E-state index in [9.17, 15) is 4.79 Å². The molecular formula is C22H35N3O2. The third kappa shape index (κ3) is 5.53. The molecule has 5 heteroatoms. The van der Waals surface area contributed by atoms with E-state index in [4.69, 9.17) is 4.74 Å². The first-order valence-electron chi connectivity index (χ1n) is 10.5. The van der Waals surface area contributed by atoms with E-state index >= 15 is 0 Å². The van der Waals surface area contributed by atoms with Crippen LogP contribution in [0.4, 0.5) is 0 Å². The van der Waals surface area contributed by atoms with Crippen LogP contribution in [-0.2, 0) is 4.74 Å². The number of rotatable bonds is 7. The number of amides is 1. The maximum atomic E-state index is 13.3. The normalized spacial score (nSPS) is 21.9. The largest absolute Gasteiger partial charge is 0.385 e. The first-order valence-corrected chi connectivity index (χ1v) is 10.5. The Morgan fingerprint density at radius 2 is 1.96 bits per heavy atom. The van der Waals surface area contributed by atoms with Crippen molar-refractivity contribution in [1.29, 1.82) is 0 Å². The van der Waals surface area contributed by atoms with Crippen LogP contribution >= 0.6 is 0 Å². The molecule has 150 valence electrons. The van der Waals surface area contributed by atoms with Crippen molar-refractivity contribution in [3.8, 4) is 0 Å². The Labute approximate surface area is 164 Å². The smallest absolute Gasteiger partial charge is 0.254 e. The van der Waals surface area contributed by atoms with E-state index in [2.05, 4.69) is 34.3 Å². The van der Waals surface area contributed by atoms with Crippen molar-refractivity contribution in [3.63, 3.8) is 0 Å². The van der Waals surface area contributed by atoms with Crippen molar-refractivity contribution in [2.24, 2.45) is 0 Å². The van der Waals surface area contributed by atoms with Gasteiger partial charge in [-0.1, -0.05) is 12.1 Å². The molecule has 2 aliphatic heterocycles. The molecule has 27 heavy (non-hydrogen) atoms. The van der Waals surface area contributed by atoms with Gasteiger partial charge in [0.15, 0.2) is 0 Å². The molecule has 0 saturated carbocycles. The molecule has 1 unspecified atom stereocenters. The number of ether oxygens (including phenoxy) is 1. The lowest BCUT2D eigenvalue weighted by Crippen LogP contribution is -2.47. The second-order valence-electron chi connectivity index (χ2n) is 8.04. The quantitative estimate of drug-likeness (QED) is 0.747. The van der Waals surface area contributed by atoms with Gasteiger partial charge in [0.2, 0.25) is 0 Å². The number of likely N-dealkylation sites (tertiary alicyclic amines) is 1. The van der Waals surface area contributed by atoms with E-state index in [0.29, 0.717) is 18.6 Å². The lowest BCUT2D eigenvalue weighted by molar-refractivity contribution is 0.0564. The first kappa shape index (κ1) is 20.3. The fourth-order valence-electron chi connectivity index (χ4n) is 4.34. The topological polar surface area (TPSA) is 44.8 Å². The van der Waals surface area contributed by atoms with Gasteiger partial charge < -0.3 is 19.9 Å². The molecule has 5 nitrogen and oxygen atoms in total. The predicted octanol–water partition coefficient (Wildman–Crippen LogP) is 2.73. The Morgan fingerprint density at radius 3 is 2.59 bits per heavy atom. The van der Waals surface area contributed by atoms with Crippen LogP contribution < -0.4 is 5.32 Å². The van der Waals surface area contributed by atoms with Crippen LogP contribution in [0, 0.1) is 0 Å². The van der Waals surface area contributed by atoms with Crippen LogP contribution in [0.3, 0.4) is 0 Å². The molecule has 1 amide bonds. The summed E-state index contributed by atoms with van der Waals surface area (Å²) in [6, 6.07) is 8.72. The number of piperidine rings is 2. The van der Waals surface area contributed by atoms with E-state index in [0.717, 1.165) is 57.5 Å². The SMILES string of the molecule is COCCCN(C(=O)c1ccc(C2CCCNC2)cc1)C1CCN(C)CC1. The average molecular weight is 374 g/mol. The number of hydrogen-bond acceptors (Lipinski definition) is 4. The van der Waals surface area contributed by atoms with Gasteiger partial charge in [0.05, 0.1) is 0 Å². The Kier molecular flexibility index (Phi) is 7.68. The van der Waals surface area contributed by atoms with Crippen molar-refractivity contribution in [2.45, 2.75) is 44.1 Å². The number of methoxy groups -OCH3 is 1. The minimum absolute atomic E-state index is 0.175. The molecule has 0 aliphatic carbocycles. The lowest BCUT2D eigenvalue weighted by Gasteiger charge is -2.37. The molecule has 0 spiro atoms. The third-order valence-electron chi connectivity index (χ3n) is 6.06. The Balaban J connectivity index is 1.68. The van der Waals surface area contributed by atoms with E-state index in [1.54, 1.807) is 7.11 Å². The summed E-state index contributed by atoms with van der Waals surface area (Å²) >= 11 is 0. The van der Waals surface area contributed by atoms with E-state index in [1.807, 2.05) is 12.1 Å². The molecule has 2 aliphatic rings. The Morgan fingerprint density at radius 1 is 1.22 bits per heavy atom. The van der Waals surface area contributed by atoms with Crippen LogP contribution in [0.5, 0.6) is 0 Å². The zero-order chi connectivity index (χ0) is 19.1. The molecule has 2 saturated heterocycles. The van der Waals surface area contributed by atoms with Gasteiger partial charge in [-0.2, -0.15) is 0 Å². The summed E-state index contributed by atoms with van der Waals surface area (Å²) in [5, 5.41) is 3.47. The predicted molar refractivity (Wildman–Crippen MR) is 109 cm³/mol. The molecular weight excluding hydrogens is 338 g/mol. The van der Waals surface area contributed by atoms with Crippen molar-refractivity contribution in [2.75, 3.05) is 53.5 Å². The van der Waals surface area contributed by atoms with Gasteiger partial charge in [0, 0.05) is 38.4 Å². The summed E-state index contributed by atoms with van der Waals surface area (Å²) < 4.78 is 5.21. The molecule has 1 atom stereocenters. The second-order valence-corrected chi connectivity index (χ2v) is 8.04. The van der Waals surface area contributed by atoms with Gasteiger partial charge in [-0.3, -0.25) is 4.79 Å². The Hall–Kier alpha value is -1.43. The summed E-state index contributed by atoms with van der Waals surface area (Å²) in [6.07, 6.45) is 5.47.